The van der Waals surface area contributed by atoms with Crippen LogP contribution in [0.5, 0.6) is 0 Å². The highest BCUT2D eigenvalue weighted by atomic mass is 35.5. The molecule has 0 bridgehead atoms. The first kappa shape index (κ1) is 21.2. The standard InChI is InChI=1S/C22H29ClN4O3/c1-26(18-8-11-29-12-9-18)17-4-6-19(7-5-17)27-22(28)21(23)20(14-25-27)24-13-16-3-2-10-30-15-16/h4-7,14,16,18,24H,2-3,8-13,15H2,1H3. The highest BCUT2D eigenvalue weighted by Gasteiger charge is 2.19. The zero-order valence-electron chi connectivity index (χ0n) is 17.3. The van der Waals surface area contributed by atoms with Gasteiger partial charge in [0.05, 0.1) is 24.2 Å². The topological polar surface area (TPSA) is 68.6 Å². The Hall–Kier alpha value is -2.09. The minimum Gasteiger partial charge on any atom is -0.382 e. The molecule has 2 aromatic rings. The van der Waals surface area contributed by atoms with Crippen LogP contribution < -0.4 is 15.8 Å². The molecule has 1 N–H and O–H groups in total. The van der Waals surface area contributed by atoms with E-state index in [9.17, 15) is 4.79 Å². The van der Waals surface area contributed by atoms with Gasteiger partial charge in [0.1, 0.15) is 5.02 Å². The molecule has 0 radical (unpaired) electrons. The summed E-state index contributed by atoms with van der Waals surface area (Å²) in [4.78, 5) is 15.1. The van der Waals surface area contributed by atoms with Crippen LogP contribution in [0.4, 0.5) is 11.4 Å². The molecule has 0 aliphatic carbocycles. The number of benzene rings is 1. The summed E-state index contributed by atoms with van der Waals surface area (Å²) in [5.41, 5.74) is 2.04. The maximum Gasteiger partial charge on any atom is 0.292 e. The van der Waals surface area contributed by atoms with Crippen LogP contribution in [0.25, 0.3) is 5.69 Å². The smallest absolute Gasteiger partial charge is 0.292 e. The average molecular weight is 433 g/mol. The summed E-state index contributed by atoms with van der Waals surface area (Å²) in [6.07, 6.45) is 5.85. The molecule has 2 aliphatic rings. The van der Waals surface area contributed by atoms with Crippen molar-refractivity contribution in [3.63, 3.8) is 0 Å². The molecule has 2 saturated heterocycles. The van der Waals surface area contributed by atoms with E-state index in [4.69, 9.17) is 21.1 Å². The summed E-state index contributed by atoms with van der Waals surface area (Å²) in [5.74, 6) is 0.428. The number of rotatable bonds is 6. The Morgan fingerprint density at radius 1 is 1.17 bits per heavy atom. The number of halogens is 1. The number of aromatic nitrogens is 2. The van der Waals surface area contributed by atoms with Crippen LogP contribution in [-0.2, 0) is 9.47 Å². The Bertz CT molecular complexity index is 890. The third-order valence-corrected chi connectivity index (χ3v) is 6.36. The normalized spacial score (nSPS) is 20.1. The minimum absolute atomic E-state index is 0.158. The molecule has 8 heteroatoms. The molecule has 0 saturated carbocycles. The van der Waals surface area contributed by atoms with Crippen LogP contribution in [0.3, 0.4) is 0 Å². The van der Waals surface area contributed by atoms with Crippen molar-refractivity contribution in [2.45, 2.75) is 31.7 Å². The lowest BCUT2D eigenvalue weighted by Gasteiger charge is -2.33. The van der Waals surface area contributed by atoms with E-state index in [1.54, 1.807) is 6.20 Å². The van der Waals surface area contributed by atoms with Crippen molar-refractivity contribution in [1.29, 1.82) is 0 Å². The zero-order chi connectivity index (χ0) is 20.9. The van der Waals surface area contributed by atoms with Crippen LogP contribution in [0.2, 0.25) is 5.02 Å². The molecule has 2 aliphatic heterocycles. The fourth-order valence-electron chi connectivity index (χ4n) is 4.07. The molecular formula is C22H29ClN4O3. The van der Waals surface area contributed by atoms with Crippen molar-refractivity contribution < 1.29 is 9.47 Å². The predicted molar refractivity (Wildman–Crippen MR) is 119 cm³/mol. The maximum absolute atomic E-state index is 12.8. The fourth-order valence-corrected chi connectivity index (χ4v) is 4.27. The van der Waals surface area contributed by atoms with Gasteiger partial charge in [0.15, 0.2) is 0 Å². The summed E-state index contributed by atoms with van der Waals surface area (Å²) >= 11 is 6.36. The van der Waals surface area contributed by atoms with E-state index in [1.165, 1.54) is 4.68 Å². The van der Waals surface area contributed by atoms with Crippen LogP contribution in [0.15, 0.2) is 35.3 Å². The highest BCUT2D eigenvalue weighted by molar-refractivity contribution is 6.32. The molecule has 1 unspecified atom stereocenters. The van der Waals surface area contributed by atoms with Crippen LogP contribution in [0.1, 0.15) is 25.7 Å². The first-order valence-corrected chi connectivity index (χ1v) is 11.0. The van der Waals surface area contributed by atoms with Gasteiger partial charge >= 0.3 is 0 Å². The molecule has 1 aromatic carbocycles. The monoisotopic (exact) mass is 432 g/mol. The summed E-state index contributed by atoms with van der Waals surface area (Å²) in [6.45, 7) is 3.90. The SMILES string of the molecule is CN(c1ccc(-n2ncc(NCC3CCCOC3)c(Cl)c2=O)cc1)C1CCOCC1. The second kappa shape index (κ2) is 9.81. The van der Waals surface area contributed by atoms with Crippen molar-refractivity contribution in [3.8, 4) is 5.69 Å². The van der Waals surface area contributed by atoms with Gasteiger partial charge in [-0.3, -0.25) is 4.79 Å². The number of ether oxygens (including phenoxy) is 2. The van der Waals surface area contributed by atoms with Crippen LogP contribution >= 0.6 is 11.6 Å². The molecule has 0 spiro atoms. The van der Waals surface area contributed by atoms with Crippen molar-refractivity contribution in [3.05, 3.63) is 45.8 Å². The van der Waals surface area contributed by atoms with Gasteiger partial charge in [-0.05, 0) is 55.9 Å². The Morgan fingerprint density at radius 3 is 2.63 bits per heavy atom. The molecule has 1 aromatic heterocycles. The number of hydrogen-bond donors (Lipinski definition) is 1. The molecule has 162 valence electrons. The maximum atomic E-state index is 12.8. The lowest BCUT2D eigenvalue weighted by Crippen LogP contribution is -2.36. The summed E-state index contributed by atoms with van der Waals surface area (Å²) in [5, 5.41) is 7.75. The van der Waals surface area contributed by atoms with Gasteiger partial charge in [0.2, 0.25) is 0 Å². The number of hydrogen-bond acceptors (Lipinski definition) is 6. The van der Waals surface area contributed by atoms with E-state index in [-0.39, 0.29) is 10.6 Å². The van der Waals surface area contributed by atoms with Crippen molar-refractivity contribution in [1.82, 2.24) is 9.78 Å². The summed E-state index contributed by atoms with van der Waals surface area (Å²) in [6, 6.07) is 8.31. The number of nitrogens with zero attached hydrogens (tertiary/aromatic N) is 3. The van der Waals surface area contributed by atoms with E-state index in [0.717, 1.165) is 64.3 Å². The van der Waals surface area contributed by atoms with Gasteiger partial charge in [-0.15, -0.1) is 0 Å². The minimum atomic E-state index is -0.327. The Morgan fingerprint density at radius 2 is 1.93 bits per heavy atom. The molecule has 0 amide bonds. The van der Waals surface area contributed by atoms with Crippen LogP contribution in [-0.4, -0.2) is 55.8 Å². The first-order chi connectivity index (χ1) is 14.6. The number of nitrogens with one attached hydrogen (secondary N) is 1. The fraction of sp³-hybridized carbons (Fsp3) is 0.545. The molecule has 1 atom stereocenters. The van der Waals surface area contributed by atoms with Gasteiger partial charge in [0, 0.05) is 45.1 Å². The summed E-state index contributed by atoms with van der Waals surface area (Å²) < 4.78 is 12.3. The lowest BCUT2D eigenvalue weighted by molar-refractivity contribution is 0.0595. The van der Waals surface area contributed by atoms with Crippen molar-refractivity contribution >= 4 is 23.0 Å². The molecule has 7 nitrogen and oxygen atoms in total. The molecule has 2 fully saturated rings. The second-order valence-corrected chi connectivity index (χ2v) is 8.40. The van der Waals surface area contributed by atoms with Gasteiger partial charge in [-0.2, -0.15) is 9.78 Å². The Labute approximate surface area is 181 Å². The highest BCUT2D eigenvalue weighted by Crippen LogP contribution is 2.23. The van der Waals surface area contributed by atoms with Crippen molar-refractivity contribution in [2.75, 3.05) is 50.2 Å². The first-order valence-electron chi connectivity index (χ1n) is 10.6. The van der Waals surface area contributed by atoms with E-state index in [1.807, 2.05) is 24.3 Å². The average Bonchev–Trinajstić information content (AvgIpc) is 2.81. The van der Waals surface area contributed by atoms with Gasteiger partial charge in [-0.25, -0.2) is 0 Å². The molecule has 4 rings (SSSR count). The van der Waals surface area contributed by atoms with E-state index < -0.39 is 0 Å². The van der Waals surface area contributed by atoms with E-state index in [2.05, 4.69) is 22.4 Å². The van der Waals surface area contributed by atoms with Crippen molar-refractivity contribution in [2.24, 2.45) is 5.92 Å². The molecular weight excluding hydrogens is 404 g/mol. The third-order valence-electron chi connectivity index (χ3n) is 5.99. The van der Waals surface area contributed by atoms with Crippen LogP contribution in [0, 0.1) is 5.92 Å². The summed E-state index contributed by atoms with van der Waals surface area (Å²) in [7, 11) is 2.10. The van der Waals surface area contributed by atoms with Gasteiger partial charge < -0.3 is 19.7 Å². The zero-order valence-corrected chi connectivity index (χ0v) is 18.1. The second-order valence-electron chi connectivity index (χ2n) is 8.02. The van der Waals surface area contributed by atoms with E-state index >= 15 is 0 Å². The van der Waals surface area contributed by atoms with E-state index in [0.29, 0.717) is 23.3 Å². The number of anilines is 2. The Balaban J connectivity index is 1.45. The van der Waals surface area contributed by atoms with Gasteiger partial charge in [0.25, 0.3) is 5.56 Å². The largest absolute Gasteiger partial charge is 0.382 e. The third kappa shape index (κ3) is 4.79. The molecule has 3 heterocycles. The Kier molecular flexibility index (Phi) is 6.92. The predicted octanol–water partition coefficient (Wildman–Crippen LogP) is 3.34. The molecule has 30 heavy (non-hydrogen) atoms. The quantitative estimate of drug-likeness (QED) is 0.755. The lowest BCUT2D eigenvalue weighted by atomic mass is 10.0. The van der Waals surface area contributed by atoms with Gasteiger partial charge in [-0.1, -0.05) is 11.6 Å².